The first-order valence-corrected chi connectivity index (χ1v) is 9.10. The molecule has 0 radical (unpaired) electrons. The van der Waals surface area contributed by atoms with Crippen LogP contribution in [0.2, 0.25) is 0 Å². The van der Waals surface area contributed by atoms with Gasteiger partial charge in [0.2, 0.25) is 5.91 Å². The zero-order valence-electron chi connectivity index (χ0n) is 15.1. The van der Waals surface area contributed by atoms with Crippen molar-refractivity contribution in [2.75, 3.05) is 6.54 Å². The van der Waals surface area contributed by atoms with Crippen molar-refractivity contribution < 1.29 is 9.59 Å². The van der Waals surface area contributed by atoms with Gasteiger partial charge >= 0.3 is 0 Å². The predicted molar refractivity (Wildman–Crippen MR) is 100 cm³/mol. The molecule has 27 heavy (non-hydrogen) atoms. The molecule has 0 saturated heterocycles. The number of fused-ring (bicyclic) bond motifs is 2. The van der Waals surface area contributed by atoms with Crippen LogP contribution < -0.4 is 5.32 Å². The van der Waals surface area contributed by atoms with Crippen LogP contribution in [0.1, 0.15) is 35.1 Å². The molecular formula is C20H21N5O2. The van der Waals surface area contributed by atoms with Gasteiger partial charge in [0.15, 0.2) is 5.65 Å². The van der Waals surface area contributed by atoms with Gasteiger partial charge in [-0.3, -0.25) is 14.0 Å². The summed E-state index contributed by atoms with van der Waals surface area (Å²) in [6, 6.07) is 12.8. The maximum Gasteiger partial charge on any atom is 0.255 e. The van der Waals surface area contributed by atoms with Crippen LogP contribution in [0.3, 0.4) is 0 Å². The molecule has 0 bridgehead atoms. The molecular weight excluding hydrogens is 342 g/mol. The van der Waals surface area contributed by atoms with E-state index in [1.54, 1.807) is 11.8 Å². The Bertz CT molecular complexity index is 997. The van der Waals surface area contributed by atoms with E-state index in [2.05, 4.69) is 15.5 Å². The Morgan fingerprint density at radius 3 is 2.85 bits per heavy atom. The van der Waals surface area contributed by atoms with Crippen LogP contribution in [-0.4, -0.2) is 43.9 Å². The molecule has 2 amide bonds. The maximum atomic E-state index is 12.5. The number of nitrogens with zero attached hydrogens (tertiary/aromatic N) is 4. The summed E-state index contributed by atoms with van der Waals surface area (Å²) in [4.78, 5) is 26.6. The van der Waals surface area contributed by atoms with Crippen molar-refractivity contribution in [3.63, 3.8) is 0 Å². The highest BCUT2D eigenvalue weighted by Gasteiger charge is 2.33. The number of carbonyl (C=O) groups excluding carboxylic acids is 2. The van der Waals surface area contributed by atoms with E-state index in [0.717, 1.165) is 23.5 Å². The van der Waals surface area contributed by atoms with Gasteiger partial charge in [0, 0.05) is 31.3 Å². The van der Waals surface area contributed by atoms with Gasteiger partial charge in [0.05, 0.1) is 0 Å². The molecule has 0 fully saturated rings. The van der Waals surface area contributed by atoms with Crippen LogP contribution in [0.4, 0.5) is 0 Å². The van der Waals surface area contributed by atoms with Gasteiger partial charge in [0.25, 0.3) is 5.91 Å². The van der Waals surface area contributed by atoms with Crippen molar-refractivity contribution in [2.45, 2.75) is 32.4 Å². The molecule has 0 unspecified atom stereocenters. The van der Waals surface area contributed by atoms with Crippen molar-refractivity contribution in [1.29, 1.82) is 0 Å². The molecule has 3 heterocycles. The van der Waals surface area contributed by atoms with E-state index in [0.29, 0.717) is 25.1 Å². The highest BCUT2D eigenvalue weighted by atomic mass is 16.2. The van der Waals surface area contributed by atoms with Gasteiger partial charge in [-0.25, -0.2) is 0 Å². The number of rotatable bonds is 6. The lowest BCUT2D eigenvalue weighted by atomic mass is 10.1. The Hall–Kier alpha value is -3.22. The summed E-state index contributed by atoms with van der Waals surface area (Å²) in [7, 11) is 0. The van der Waals surface area contributed by atoms with Crippen molar-refractivity contribution in [1.82, 2.24) is 24.8 Å². The quantitative estimate of drug-likeness (QED) is 0.678. The third-order valence-electron chi connectivity index (χ3n) is 4.96. The molecule has 3 aromatic rings. The first-order chi connectivity index (χ1) is 13.1. The van der Waals surface area contributed by atoms with Gasteiger partial charge < -0.3 is 10.2 Å². The van der Waals surface area contributed by atoms with Crippen LogP contribution in [0, 0.1) is 0 Å². The monoisotopic (exact) mass is 363 g/mol. The van der Waals surface area contributed by atoms with Crippen molar-refractivity contribution in [3.8, 4) is 0 Å². The van der Waals surface area contributed by atoms with Crippen LogP contribution >= 0.6 is 0 Å². The zero-order valence-corrected chi connectivity index (χ0v) is 15.1. The van der Waals surface area contributed by atoms with E-state index in [1.165, 1.54) is 0 Å². The zero-order chi connectivity index (χ0) is 18.8. The second-order valence-corrected chi connectivity index (χ2v) is 6.71. The van der Waals surface area contributed by atoms with E-state index in [1.807, 2.05) is 53.1 Å². The first kappa shape index (κ1) is 17.2. The maximum absolute atomic E-state index is 12.5. The Balaban J connectivity index is 1.29. The fourth-order valence-electron chi connectivity index (χ4n) is 3.40. The molecule has 7 nitrogen and oxygen atoms in total. The van der Waals surface area contributed by atoms with Gasteiger partial charge in [-0.1, -0.05) is 24.3 Å². The minimum atomic E-state index is -0.501. The lowest BCUT2D eigenvalue weighted by Crippen LogP contribution is -2.45. The predicted octanol–water partition coefficient (Wildman–Crippen LogP) is 1.82. The lowest BCUT2D eigenvalue weighted by molar-refractivity contribution is -0.125. The fraction of sp³-hybridized carbons (Fsp3) is 0.300. The standard InChI is InChI=1S/C20H21N5O2/c1-14(25-13-15-7-2-3-8-16(15)20(25)27)19(26)21-11-6-10-18-23-22-17-9-4-5-12-24(17)18/h2-5,7-9,12,14H,6,10-11,13H2,1H3,(H,21,26)/t14-/m1/s1. The number of hydrogen-bond acceptors (Lipinski definition) is 4. The third kappa shape index (κ3) is 3.28. The molecule has 1 N–H and O–H groups in total. The van der Waals surface area contributed by atoms with Gasteiger partial charge in [-0.2, -0.15) is 0 Å². The molecule has 4 rings (SSSR count). The minimum Gasteiger partial charge on any atom is -0.354 e. The summed E-state index contributed by atoms with van der Waals surface area (Å²) < 4.78 is 1.95. The fourth-order valence-corrected chi connectivity index (χ4v) is 3.40. The smallest absolute Gasteiger partial charge is 0.255 e. The Kier molecular flexibility index (Phi) is 4.58. The molecule has 138 valence electrons. The van der Waals surface area contributed by atoms with E-state index >= 15 is 0 Å². The second-order valence-electron chi connectivity index (χ2n) is 6.71. The van der Waals surface area contributed by atoms with Gasteiger partial charge in [-0.05, 0) is 37.1 Å². The van der Waals surface area contributed by atoms with Gasteiger partial charge in [-0.15, -0.1) is 10.2 Å². The minimum absolute atomic E-state index is 0.0804. The molecule has 0 spiro atoms. The average molecular weight is 363 g/mol. The summed E-state index contributed by atoms with van der Waals surface area (Å²) in [6.07, 6.45) is 3.40. The van der Waals surface area contributed by atoms with Crippen LogP contribution in [-0.2, 0) is 17.8 Å². The second kappa shape index (κ2) is 7.19. The molecule has 0 aliphatic carbocycles. The Morgan fingerprint density at radius 1 is 1.19 bits per heavy atom. The first-order valence-electron chi connectivity index (χ1n) is 9.10. The van der Waals surface area contributed by atoms with Crippen LogP contribution in [0.25, 0.3) is 5.65 Å². The van der Waals surface area contributed by atoms with Crippen molar-refractivity contribution in [2.24, 2.45) is 0 Å². The lowest BCUT2D eigenvalue weighted by Gasteiger charge is -2.23. The summed E-state index contributed by atoms with van der Waals surface area (Å²) in [5.74, 6) is 0.656. The molecule has 1 atom stereocenters. The number of aromatic nitrogens is 3. The largest absolute Gasteiger partial charge is 0.354 e. The van der Waals surface area contributed by atoms with Crippen LogP contribution in [0.5, 0.6) is 0 Å². The van der Waals surface area contributed by atoms with Gasteiger partial charge in [0.1, 0.15) is 11.9 Å². The molecule has 1 aliphatic heterocycles. The normalized spacial score (nSPS) is 14.4. The number of pyridine rings is 1. The van der Waals surface area contributed by atoms with E-state index in [-0.39, 0.29) is 11.8 Å². The topological polar surface area (TPSA) is 79.6 Å². The molecule has 2 aromatic heterocycles. The van der Waals surface area contributed by atoms with E-state index in [4.69, 9.17) is 0 Å². The highest BCUT2D eigenvalue weighted by molar-refractivity contribution is 6.00. The number of carbonyl (C=O) groups is 2. The highest BCUT2D eigenvalue weighted by Crippen LogP contribution is 2.24. The van der Waals surface area contributed by atoms with Crippen molar-refractivity contribution in [3.05, 3.63) is 65.6 Å². The molecule has 0 saturated carbocycles. The summed E-state index contributed by atoms with van der Waals surface area (Å²) in [5.41, 5.74) is 2.48. The molecule has 1 aromatic carbocycles. The Morgan fingerprint density at radius 2 is 2.00 bits per heavy atom. The van der Waals surface area contributed by atoms with E-state index in [9.17, 15) is 9.59 Å². The number of nitrogens with one attached hydrogen (secondary N) is 1. The summed E-state index contributed by atoms with van der Waals surface area (Å²) >= 11 is 0. The number of benzene rings is 1. The summed E-state index contributed by atoms with van der Waals surface area (Å²) in [6.45, 7) is 2.78. The SMILES string of the molecule is C[C@H](C(=O)NCCCc1nnc2ccccn12)N1Cc2ccccc2C1=O. The average Bonchev–Trinajstić information content (AvgIpc) is 3.26. The molecule has 7 heteroatoms. The number of amides is 2. The third-order valence-corrected chi connectivity index (χ3v) is 4.96. The van der Waals surface area contributed by atoms with Crippen molar-refractivity contribution >= 4 is 17.5 Å². The Labute approximate surface area is 157 Å². The van der Waals surface area contributed by atoms with E-state index < -0.39 is 6.04 Å². The number of aryl methyl sites for hydroxylation is 1. The number of hydrogen-bond donors (Lipinski definition) is 1. The molecule has 1 aliphatic rings. The summed E-state index contributed by atoms with van der Waals surface area (Å²) in [5, 5.41) is 11.2. The van der Waals surface area contributed by atoms with Crippen LogP contribution in [0.15, 0.2) is 48.7 Å².